The number of fused-ring (bicyclic) bond motifs is 3. The Kier molecular flexibility index (Phi) is 5.40. The van der Waals surface area contributed by atoms with Gasteiger partial charge in [0.15, 0.2) is 5.78 Å². The number of hydrogen-bond donors (Lipinski definition) is 0. The van der Waals surface area contributed by atoms with Crippen LogP contribution in [0.4, 0.5) is 4.79 Å². The molecule has 4 rings (SSSR count). The van der Waals surface area contributed by atoms with Gasteiger partial charge in [0.25, 0.3) is 0 Å². The molecule has 30 heavy (non-hydrogen) atoms. The number of nitriles is 1. The van der Waals surface area contributed by atoms with Gasteiger partial charge in [-0.2, -0.15) is 5.26 Å². The van der Waals surface area contributed by atoms with Gasteiger partial charge in [-0.1, -0.05) is 18.2 Å². The van der Waals surface area contributed by atoms with Gasteiger partial charge in [0.2, 0.25) is 0 Å². The lowest BCUT2D eigenvalue weighted by Gasteiger charge is -2.35. The molecular formula is C24H29N3O3. The van der Waals surface area contributed by atoms with Crippen LogP contribution in [-0.2, 0) is 22.5 Å². The molecule has 1 unspecified atom stereocenters. The third-order valence-corrected chi connectivity index (χ3v) is 6.33. The zero-order valence-corrected chi connectivity index (χ0v) is 17.9. The van der Waals surface area contributed by atoms with E-state index in [-0.39, 0.29) is 24.2 Å². The molecule has 0 spiro atoms. The van der Waals surface area contributed by atoms with E-state index in [2.05, 4.69) is 17.1 Å². The van der Waals surface area contributed by atoms with Crippen molar-refractivity contribution in [2.45, 2.75) is 77.1 Å². The standard InChI is InChI=1S/C24H29N3O3/c1-24(2,3)30-23(29)27-20-7-6-17(11-20)22(27)21(28)10-16(12-25)8-15-4-5-18-13-26-14-19(18)9-15/h4-5,9,13,16-17,20,22H,6-8,10-11,14H2,1-3H3/t16?,17-,20+,22-/m0/s1. The van der Waals surface area contributed by atoms with Crippen LogP contribution in [0, 0.1) is 23.2 Å². The molecule has 2 aliphatic heterocycles. The lowest BCUT2D eigenvalue weighted by Crippen LogP contribution is -2.51. The number of benzene rings is 1. The average molecular weight is 408 g/mol. The maximum Gasteiger partial charge on any atom is 0.411 e. The van der Waals surface area contributed by atoms with Gasteiger partial charge < -0.3 is 4.74 Å². The Morgan fingerprint density at radius 1 is 1.33 bits per heavy atom. The molecule has 158 valence electrons. The van der Waals surface area contributed by atoms with Crippen LogP contribution in [0.5, 0.6) is 0 Å². The average Bonchev–Trinajstić information content (AvgIpc) is 3.40. The zero-order valence-electron chi connectivity index (χ0n) is 17.9. The highest BCUT2D eigenvalue weighted by atomic mass is 16.6. The van der Waals surface area contributed by atoms with Crippen molar-refractivity contribution in [3.8, 4) is 6.07 Å². The first-order valence-electron chi connectivity index (χ1n) is 10.8. The van der Waals surface area contributed by atoms with Crippen LogP contribution in [0.2, 0.25) is 0 Å². The Labute approximate surface area is 177 Å². The number of nitrogens with zero attached hydrogens (tertiary/aromatic N) is 3. The molecule has 2 fully saturated rings. The van der Waals surface area contributed by atoms with Crippen molar-refractivity contribution in [1.82, 2.24) is 4.90 Å². The van der Waals surface area contributed by atoms with Gasteiger partial charge in [0.05, 0.1) is 24.6 Å². The monoisotopic (exact) mass is 407 g/mol. The number of amides is 1. The molecule has 6 nitrogen and oxygen atoms in total. The lowest BCUT2D eigenvalue weighted by atomic mass is 9.87. The maximum atomic E-state index is 13.2. The van der Waals surface area contributed by atoms with Crippen molar-refractivity contribution < 1.29 is 14.3 Å². The minimum absolute atomic E-state index is 0.0101. The smallest absolute Gasteiger partial charge is 0.411 e. The van der Waals surface area contributed by atoms with E-state index in [1.54, 1.807) is 4.90 Å². The largest absolute Gasteiger partial charge is 0.444 e. The van der Waals surface area contributed by atoms with Crippen molar-refractivity contribution in [2.24, 2.45) is 16.8 Å². The highest BCUT2D eigenvalue weighted by Crippen LogP contribution is 2.44. The van der Waals surface area contributed by atoms with Crippen molar-refractivity contribution >= 4 is 18.1 Å². The second-order valence-corrected chi connectivity index (χ2v) is 9.76. The summed E-state index contributed by atoms with van der Waals surface area (Å²) < 4.78 is 5.58. The minimum Gasteiger partial charge on any atom is -0.444 e. The molecule has 4 atom stereocenters. The highest BCUT2D eigenvalue weighted by molar-refractivity contribution is 5.89. The molecule has 2 bridgehead atoms. The predicted molar refractivity (Wildman–Crippen MR) is 113 cm³/mol. The Morgan fingerprint density at radius 2 is 2.13 bits per heavy atom. The first-order chi connectivity index (χ1) is 14.2. The molecule has 1 aliphatic carbocycles. The van der Waals surface area contributed by atoms with Gasteiger partial charge in [-0.3, -0.25) is 14.7 Å². The summed E-state index contributed by atoms with van der Waals surface area (Å²) in [6, 6.07) is 8.06. The summed E-state index contributed by atoms with van der Waals surface area (Å²) in [6.45, 7) is 6.19. The number of Topliss-reactive ketones (excluding diaryl/α,β-unsaturated/α-hetero) is 1. The van der Waals surface area contributed by atoms with Crippen LogP contribution in [0.15, 0.2) is 23.2 Å². The fourth-order valence-electron chi connectivity index (χ4n) is 5.08. The Hall–Kier alpha value is -2.68. The van der Waals surface area contributed by atoms with E-state index < -0.39 is 23.7 Å². The number of ether oxygens (including phenoxy) is 1. The van der Waals surface area contributed by atoms with E-state index in [9.17, 15) is 14.9 Å². The van der Waals surface area contributed by atoms with Crippen LogP contribution < -0.4 is 0 Å². The second-order valence-electron chi connectivity index (χ2n) is 9.76. The first-order valence-corrected chi connectivity index (χ1v) is 10.8. The fourth-order valence-corrected chi connectivity index (χ4v) is 5.08. The van der Waals surface area contributed by atoms with E-state index in [4.69, 9.17) is 4.74 Å². The molecule has 0 N–H and O–H groups in total. The number of hydrogen-bond acceptors (Lipinski definition) is 5. The summed E-state index contributed by atoms with van der Waals surface area (Å²) in [7, 11) is 0. The summed E-state index contributed by atoms with van der Waals surface area (Å²) in [6.07, 6.45) is 4.90. The third-order valence-electron chi connectivity index (χ3n) is 6.33. The minimum atomic E-state index is -0.598. The zero-order chi connectivity index (χ0) is 21.5. The maximum absolute atomic E-state index is 13.2. The number of carbonyl (C=O) groups excluding carboxylic acids is 2. The van der Waals surface area contributed by atoms with Gasteiger partial charge >= 0.3 is 6.09 Å². The van der Waals surface area contributed by atoms with Crippen LogP contribution in [0.25, 0.3) is 0 Å². The molecule has 1 amide bonds. The van der Waals surface area contributed by atoms with Crippen LogP contribution in [-0.4, -0.2) is 40.7 Å². The summed E-state index contributed by atoms with van der Waals surface area (Å²) >= 11 is 0. The summed E-state index contributed by atoms with van der Waals surface area (Å²) in [5.74, 6) is -0.229. The van der Waals surface area contributed by atoms with Gasteiger partial charge in [-0.05, 0) is 69.1 Å². The summed E-state index contributed by atoms with van der Waals surface area (Å²) in [4.78, 5) is 32.0. The van der Waals surface area contributed by atoms with Crippen molar-refractivity contribution in [1.29, 1.82) is 5.26 Å². The van der Waals surface area contributed by atoms with Gasteiger partial charge in [-0.25, -0.2) is 4.79 Å². The van der Waals surface area contributed by atoms with Crippen molar-refractivity contribution in [3.63, 3.8) is 0 Å². The lowest BCUT2D eigenvalue weighted by molar-refractivity contribution is -0.126. The molecule has 1 saturated carbocycles. The molecule has 3 aliphatic rings. The molecule has 6 heteroatoms. The molecule has 1 aromatic carbocycles. The van der Waals surface area contributed by atoms with Gasteiger partial charge in [-0.15, -0.1) is 0 Å². The van der Waals surface area contributed by atoms with E-state index >= 15 is 0 Å². The van der Waals surface area contributed by atoms with E-state index in [0.29, 0.717) is 13.0 Å². The van der Waals surface area contributed by atoms with E-state index in [0.717, 1.165) is 30.4 Å². The molecular weight excluding hydrogens is 378 g/mol. The molecule has 1 aromatic rings. The normalized spacial score (nSPS) is 25.1. The van der Waals surface area contributed by atoms with Crippen LogP contribution in [0.3, 0.4) is 0 Å². The molecule has 2 heterocycles. The number of likely N-dealkylation sites (tertiary alicyclic amines) is 1. The third kappa shape index (κ3) is 4.12. The molecule has 0 aromatic heterocycles. The van der Waals surface area contributed by atoms with Crippen LogP contribution >= 0.6 is 0 Å². The Morgan fingerprint density at radius 3 is 2.87 bits per heavy atom. The Bertz CT molecular complexity index is 925. The quantitative estimate of drug-likeness (QED) is 0.737. The molecule has 0 radical (unpaired) electrons. The Balaban J connectivity index is 1.44. The summed E-state index contributed by atoms with van der Waals surface area (Å²) in [5, 5.41) is 9.70. The van der Waals surface area contributed by atoms with E-state index in [1.807, 2.05) is 39.1 Å². The molecule has 1 saturated heterocycles. The summed E-state index contributed by atoms with van der Waals surface area (Å²) in [5.41, 5.74) is 2.74. The van der Waals surface area contributed by atoms with Gasteiger partial charge in [0.1, 0.15) is 5.60 Å². The van der Waals surface area contributed by atoms with E-state index in [1.165, 1.54) is 5.56 Å². The van der Waals surface area contributed by atoms with Gasteiger partial charge in [0, 0.05) is 18.7 Å². The van der Waals surface area contributed by atoms with Crippen LogP contribution in [0.1, 0.15) is 63.1 Å². The SMILES string of the molecule is CC(C)(C)OC(=O)N1[C@@H]2CC[C@@H](C2)[C@H]1C(=O)CC(C#N)Cc1ccc2c(c1)CN=C2. The fraction of sp³-hybridized carbons (Fsp3) is 0.583. The number of ketones is 1. The highest BCUT2D eigenvalue weighted by Gasteiger charge is 2.52. The van der Waals surface area contributed by atoms with Crippen molar-refractivity contribution in [2.75, 3.05) is 0 Å². The second kappa shape index (κ2) is 7.86. The predicted octanol–water partition coefficient (Wildman–Crippen LogP) is 4.05. The topological polar surface area (TPSA) is 82.8 Å². The first kappa shape index (κ1) is 20.6. The number of aliphatic imine (C=N–C) groups is 1. The number of carbonyl (C=O) groups is 2. The number of piperidine rings is 1. The van der Waals surface area contributed by atoms with Crippen molar-refractivity contribution in [3.05, 3.63) is 34.9 Å². The number of rotatable bonds is 5.